The second-order valence-electron chi connectivity index (χ2n) is 5.40. The Hall–Kier alpha value is -2.17. The van der Waals surface area contributed by atoms with E-state index in [1.807, 2.05) is 0 Å². The summed E-state index contributed by atoms with van der Waals surface area (Å²) in [6.45, 7) is 8.56. The minimum absolute atomic E-state index is 0.360. The fourth-order valence-electron chi connectivity index (χ4n) is 2.30. The summed E-state index contributed by atoms with van der Waals surface area (Å²) in [4.78, 5) is 4.51. The van der Waals surface area contributed by atoms with Crippen molar-refractivity contribution in [3.05, 3.63) is 35.5 Å². The zero-order valence-corrected chi connectivity index (χ0v) is 13.8. The quantitative estimate of drug-likeness (QED) is 0.810. The number of nitrogens with zero attached hydrogens (tertiary/aromatic N) is 3. The minimum Gasteiger partial charge on any atom is -0.366 e. The van der Waals surface area contributed by atoms with Crippen molar-refractivity contribution in [2.24, 2.45) is 0 Å². The van der Waals surface area contributed by atoms with Crippen LogP contribution in [0.4, 0.5) is 17.5 Å². The highest BCUT2D eigenvalue weighted by atomic mass is 15.3. The third kappa shape index (κ3) is 3.93. The maximum Gasteiger partial charge on any atom is 0.249 e. The van der Waals surface area contributed by atoms with Gasteiger partial charge in [-0.15, -0.1) is 5.10 Å². The van der Waals surface area contributed by atoms with Crippen molar-refractivity contribution in [1.29, 1.82) is 0 Å². The highest BCUT2D eigenvalue weighted by molar-refractivity contribution is 5.64. The van der Waals surface area contributed by atoms with E-state index >= 15 is 0 Å². The van der Waals surface area contributed by atoms with Gasteiger partial charge in [0.15, 0.2) is 5.82 Å². The Morgan fingerprint density at radius 3 is 2.36 bits per heavy atom. The molecule has 0 aliphatic carbocycles. The maximum atomic E-state index is 4.51. The molecule has 5 nitrogen and oxygen atoms in total. The van der Waals surface area contributed by atoms with Gasteiger partial charge in [-0.25, -0.2) is 0 Å². The zero-order valence-electron chi connectivity index (χ0n) is 13.8. The summed E-state index contributed by atoms with van der Waals surface area (Å²) in [6.07, 6.45) is 4.62. The predicted octanol–water partition coefficient (Wildman–Crippen LogP) is 3.95. The number of rotatable bonds is 7. The van der Waals surface area contributed by atoms with Gasteiger partial charge in [0.25, 0.3) is 0 Å². The highest BCUT2D eigenvalue weighted by Crippen LogP contribution is 2.25. The molecular formula is C17H25N5. The molecule has 0 aliphatic rings. The molecule has 0 saturated heterocycles. The predicted molar refractivity (Wildman–Crippen MR) is 91.7 cm³/mol. The van der Waals surface area contributed by atoms with E-state index < -0.39 is 0 Å². The van der Waals surface area contributed by atoms with Gasteiger partial charge in [0, 0.05) is 11.7 Å². The van der Waals surface area contributed by atoms with Crippen LogP contribution in [0.3, 0.4) is 0 Å². The summed E-state index contributed by atoms with van der Waals surface area (Å²) < 4.78 is 0. The normalized spacial score (nSPS) is 12.0. The van der Waals surface area contributed by atoms with Gasteiger partial charge in [-0.1, -0.05) is 39.0 Å². The summed E-state index contributed by atoms with van der Waals surface area (Å²) in [5.74, 6) is 1.28. The van der Waals surface area contributed by atoms with Gasteiger partial charge >= 0.3 is 0 Å². The first-order chi connectivity index (χ1) is 10.7. The Bertz CT molecular complexity index is 589. The molecule has 2 N–H and O–H groups in total. The number of hydrogen-bond acceptors (Lipinski definition) is 5. The van der Waals surface area contributed by atoms with Gasteiger partial charge in [0.05, 0.1) is 6.20 Å². The molecule has 1 heterocycles. The molecule has 0 saturated carbocycles. The average Bonchev–Trinajstić information content (AvgIpc) is 2.55. The van der Waals surface area contributed by atoms with Crippen LogP contribution in [0.1, 0.15) is 45.2 Å². The Morgan fingerprint density at radius 1 is 1.09 bits per heavy atom. The van der Waals surface area contributed by atoms with Gasteiger partial charge in [0.1, 0.15) is 0 Å². The number of benzene rings is 1. The van der Waals surface area contributed by atoms with E-state index in [2.05, 4.69) is 71.7 Å². The lowest BCUT2D eigenvalue weighted by Gasteiger charge is -2.15. The third-order valence-corrected chi connectivity index (χ3v) is 3.80. The topological polar surface area (TPSA) is 62.7 Å². The van der Waals surface area contributed by atoms with Crippen LogP contribution in [0.5, 0.6) is 0 Å². The van der Waals surface area contributed by atoms with E-state index in [9.17, 15) is 0 Å². The van der Waals surface area contributed by atoms with Crippen molar-refractivity contribution in [2.45, 2.75) is 53.0 Å². The van der Waals surface area contributed by atoms with Gasteiger partial charge in [-0.3, -0.25) is 0 Å². The van der Waals surface area contributed by atoms with Crippen LogP contribution in [0.2, 0.25) is 0 Å². The molecule has 0 spiro atoms. The molecule has 0 amide bonds. The highest BCUT2D eigenvalue weighted by Gasteiger charge is 2.09. The lowest BCUT2D eigenvalue weighted by Crippen LogP contribution is -2.15. The third-order valence-electron chi connectivity index (χ3n) is 3.80. The molecule has 0 radical (unpaired) electrons. The van der Waals surface area contributed by atoms with E-state index in [0.717, 1.165) is 30.8 Å². The molecule has 0 fully saturated rings. The molecule has 0 bridgehead atoms. The van der Waals surface area contributed by atoms with Crippen LogP contribution < -0.4 is 10.6 Å². The van der Waals surface area contributed by atoms with E-state index in [0.29, 0.717) is 12.0 Å². The van der Waals surface area contributed by atoms with Crippen molar-refractivity contribution in [3.8, 4) is 0 Å². The Balaban J connectivity index is 2.26. The first-order valence-electron chi connectivity index (χ1n) is 8.01. The van der Waals surface area contributed by atoms with Crippen molar-refractivity contribution in [2.75, 3.05) is 10.6 Å². The van der Waals surface area contributed by atoms with Crippen LogP contribution in [-0.4, -0.2) is 21.2 Å². The van der Waals surface area contributed by atoms with Gasteiger partial charge in [-0.2, -0.15) is 10.1 Å². The van der Waals surface area contributed by atoms with Crippen LogP contribution in [0, 0.1) is 0 Å². The van der Waals surface area contributed by atoms with Crippen LogP contribution >= 0.6 is 0 Å². The smallest absolute Gasteiger partial charge is 0.249 e. The SMILES string of the molecule is CCc1cccc(CC)c1Nc1nncc(NC(C)CC)n1. The first-order valence-corrected chi connectivity index (χ1v) is 8.01. The molecule has 1 aromatic carbocycles. The largest absolute Gasteiger partial charge is 0.366 e. The first kappa shape index (κ1) is 16.2. The Morgan fingerprint density at radius 2 is 1.77 bits per heavy atom. The molecule has 1 atom stereocenters. The number of para-hydroxylation sites is 1. The van der Waals surface area contributed by atoms with E-state index in [4.69, 9.17) is 0 Å². The molecule has 1 aromatic heterocycles. The summed E-state index contributed by atoms with van der Waals surface area (Å²) >= 11 is 0. The number of aryl methyl sites for hydroxylation is 2. The second kappa shape index (κ2) is 7.73. The van der Waals surface area contributed by atoms with Crippen molar-refractivity contribution in [1.82, 2.24) is 15.2 Å². The zero-order chi connectivity index (χ0) is 15.9. The van der Waals surface area contributed by atoms with Crippen LogP contribution in [0.25, 0.3) is 0 Å². The second-order valence-corrected chi connectivity index (χ2v) is 5.40. The Kier molecular flexibility index (Phi) is 5.69. The Labute approximate surface area is 132 Å². The number of aromatic nitrogens is 3. The average molecular weight is 299 g/mol. The number of hydrogen-bond donors (Lipinski definition) is 2. The van der Waals surface area contributed by atoms with Gasteiger partial charge in [0.2, 0.25) is 5.95 Å². The fourth-order valence-corrected chi connectivity index (χ4v) is 2.30. The molecule has 2 aromatic rings. The van der Waals surface area contributed by atoms with Gasteiger partial charge in [-0.05, 0) is 37.3 Å². The minimum atomic E-state index is 0.360. The van der Waals surface area contributed by atoms with E-state index in [1.54, 1.807) is 6.20 Å². The number of anilines is 3. The molecule has 0 aliphatic heterocycles. The van der Waals surface area contributed by atoms with Crippen LogP contribution in [-0.2, 0) is 12.8 Å². The van der Waals surface area contributed by atoms with Gasteiger partial charge < -0.3 is 10.6 Å². The maximum absolute atomic E-state index is 4.51. The van der Waals surface area contributed by atoms with Crippen molar-refractivity contribution >= 4 is 17.5 Å². The molecule has 5 heteroatoms. The molecule has 1 unspecified atom stereocenters. The summed E-state index contributed by atoms with van der Waals surface area (Å²) in [6, 6.07) is 6.73. The van der Waals surface area contributed by atoms with E-state index in [-0.39, 0.29) is 0 Å². The summed E-state index contributed by atoms with van der Waals surface area (Å²) in [5.41, 5.74) is 3.64. The van der Waals surface area contributed by atoms with Crippen molar-refractivity contribution in [3.63, 3.8) is 0 Å². The summed E-state index contributed by atoms with van der Waals surface area (Å²) in [7, 11) is 0. The lowest BCUT2D eigenvalue weighted by molar-refractivity contribution is 0.755. The van der Waals surface area contributed by atoms with Crippen LogP contribution in [0.15, 0.2) is 24.4 Å². The fraction of sp³-hybridized carbons (Fsp3) is 0.471. The van der Waals surface area contributed by atoms with Crippen molar-refractivity contribution < 1.29 is 0 Å². The molecule has 22 heavy (non-hydrogen) atoms. The van der Waals surface area contributed by atoms with E-state index in [1.165, 1.54) is 11.1 Å². The standard InChI is InChI=1S/C17H25N5/c1-5-12(4)19-15-11-18-22-17(20-15)21-16-13(6-2)9-8-10-14(16)7-3/h8-12H,5-7H2,1-4H3,(H2,19,20,21,22). The lowest BCUT2D eigenvalue weighted by atomic mass is 10.0. The number of nitrogens with one attached hydrogen (secondary N) is 2. The molecule has 2 rings (SSSR count). The molecular weight excluding hydrogens is 274 g/mol. The summed E-state index contributed by atoms with van der Waals surface area (Å²) in [5, 5.41) is 14.8. The molecule has 118 valence electrons. The monoisotopic (exact) mass is 299 g/mol.